The smallest absolute Gasteiger partial charge is 0.305 e. The first-order valence-electron chi connectivity index (χ1n) is 7.95. The van der Waals surface area contributed by atoms with Crippen LogP contribution >= 0.6 is 15.9 Å². The van der Waals surface area contributed by atoms with Crippen molar-refractivity contribution in [2.24, 2.45) is 0 Å². The van der Waals surface area contributed by atoms with Crippen LogP contribution in [0.1, 0.15) is 34.3 Å². The maximum Gasteiger partial charge on any atom is 0.305 e. The van der Waals surface area contributed by atoms with Crippen LogP contribution < -0.4 is 5.32 Å². The molecule has 0 saturated carbocycles. The fraction of sp³-hybridized carbons (Fsp3) is 0.167. The monoisotopic (exact) mass is 435 g/mol. The van der Waals surface area contributed by atoms with E-state index >= 15 is 0 Å². The van der Waals surface area contributed by atoms with Gasteiger partial charge < -0.3 is 14.8 Å². The second-order valence-corrected chi connectivity index (χ2v) is 6.71. The maximum atomic E-state index is 13.1. The van der Waals surface area contributed by atoms with Crippen LogP contribution in [0, 0.1) is 5.82 Å². The molecule has 0 saturated heterocycles. The zero-order valence-corrected chi connectivity index (χ0v) is 15.5. The minimum Gasteiger partial charge on any atom is -0.481 e. The molecule has 140 valence electrons. The number of nitrogens with one attached hydrogen (secondary N) is 1. The van der Waals surface area contributed by atoms with Gasteiger partial charge in [0.15, 0.2) is 5.76 Å². The van der Waals surface area contributed by atoms with Crippen molar-refractivity contribution < 1.29 is 23.5 Å². The molecule has 0 aliphatic heterocycles. The molecule has 0 bridgehead atoms. The molecule has 1 unspecified atom stereocenters. The Morgan fingerprint density at radius 2 is 2.00 bits per heavy atom. The van der Waals surface area contributed by atoms with E-state index in [9.17, 15) is 14.0 Å². The van der Waals surface area contributed by atoms with E-state index in [0.717, 1.165) is 4.47 Å². The lowest BCUT2D eigenvalue weighted by Crippen LogP contribution is -2.30. The zero-order valence-electron chi connectivity index (χ0n) is 13.9. The number of amides is 1. The number of carboxylic acids is 1. The highest BCUT2D eigenvalue weighted by atomic mass is 79.9. The molecule has 27 heavy (non-hydrogen) atoms. The molecule has 0 aliphatic carbocycles. The Bertz CT molecular complexity index is 952. The Balaban J connectivity index is 1.71. The number of aromatic nitrogens is 2. The van der Waals surface area contributed by atoms with Crippen molar-refractivity contribution in [2.75, 3.05) is 0 Å². The largest absolute Gasteiger partial charge is 0.481 e. The van der Waals surface area contributed by atoms with Gasteiger partial charge in [0.25, 0.3) is 5.91 Å². The number of halogens is 2. The highest BCUT2D eigenvalue weighted by molar-refractivity contribution is 9.10. The maximum absolute atomic E-state index is 13.1. The van der Waals surface area contributed by atoms with Crippen LogP contribution in [0.15, 0.2) is 57.7 Å². The van der Waals surface area contributed by atoms with Crippen LogP contribution in [0.4, 0.5) is 4.39 Å². The molecular formula is C18H15BrFN3O4. The highest BCUT2D eigenvalue weighted by Crippen LogP contribution is 2.19. The molecule has 9 heteroatoms. The number of aliphatic carboxylic acids is 1. The Morgan fingerprint density at radius 1 is 1.26 bits per heavy atom. The summed E-state index contributed by atoms with van der Waals surface area (Å²) in [5.74, 6) is -1.52. The Morgan fingerprint density at radius 3 is 2.63 bits per heavy atom. The van der Waals surface area contributed by atoms with E-state index in [4.69, 9.17) is 9.52 Å². The summed E-state index contributed by atoms with van der Waals surface area (Å²) in [5, 5.41) is 15.8. The molecule has 0 aliphatic rings. The number of rotatable bonds is 7. The van der Waals surface area contributed by atoms with Crippen molar-refractivity contribution in [3.63, 3.8) is 0 Å². The molecule has 1 atom stereocenters. The van der Waals surface area contributed by atoms with E-state index in [1.54, 1.807) is 23.1 Å². The van der Waals surface area contributed by atoms with Gasteiger partial charge in [0.05, 0.1) is 29.7 Å². The van der Waals surface area contributed by atoms with Crippen molar-refractivity contribution in [1.82, 2.24) is 15.1 Å². The van der Waals surface area contributed by atoms with Gasteiger partial charge in [-0.05, 0) is 45.8 Å². The number of nitrogens with zero attached hydrogens (tertiary/aromatic N) is 2. The molecule has 0 fully saturated rings. The predicted molar refractivity (Wildman–Crippen MR) is 96.6 cm³/mol. The van der Waals surface area contributed by atoms with Gasteiger partial charge in [-0.1, -0.05) is 12.1 Å². The minimum atomic E-state index is -1.09. The molecule has 2 N–H and O–H groups in total. The van der Waals surface area contributed by atoms with Gasteiger partial charge in [-0.25, -0.2) is 4.39 Å². The number of carboxylic acid groups (broad SMARTS) is 1. The molecule has 1 aromatic carbocycles. The van der Waals surface area contributed by atoms with Gasteiger partial charge in [0, 0.05) is 6.20 Å². The fourth-order valence-electron chi connectivity index (χ4n) is 2.52. The Hall–Kier alpha value is -2.94. The van der Waals surface area contributed by atoms with E-state index in [1.165, 1.54) is 30.3 Å². The zero-order chi connectivity index (χ0) is 19.4. The molecule has 2 aromatic heterocycles. The van der Waals surface area contributed by atoms with Crippen molar-refractivity contribution in [3.8, 4) is 0 Å². The van der Waals surface area contributed by atoms with Crippen LogP contribution in [0.2, 0.25) is 0 Å². The van der Waals surface area contributed by atoms with Gasteiger partial charge in [0.2, 0.25) is 0 Å². The molecule has 0 spiro atoms. The van der Waals surface area contributed by atoms with Gasteiger partial charge in [-0.3, -0.25) is 14.3 Å². The molecular weight excluding hydrogens is 421 g/mol. The lowest BCUT2D eigenvalue weighted by molar-refractivity contribution is -0.137. The van der Waals surface area contributed by atoms with Gasteiger partial charge >= 0.3 is 5.97 Å². The van der Waals surface area contributed by atoms with Crippen LogP contribution in [0.3, 0.4) is 0 Å². The second-order valence-electron chi connectivity index (χ2n) is 5.80. The van der Waals surface area contributed by atoms with Gasteiger partial charge in [0.1, 0.15) is 11.6 Å². The van der Waals surface area contributed by atoms with E-state index in [-0.39, 0.29) is 12.2 Å². The summed E-state index contributed by atoms with van der Waals surface area (Å²) in [6.45, 7) is 0.343. The second kappa shape index (κ2) is 8.17. The highest BCUT2D eigenvalue weighted by Gasteiger charge is 2.21. The van der Waals surface area contributed by atoms with E-state index in [1.807, 2.05) is 0 Å². The lowest BCUT2D eigenvalue weighted by Gasteiger charge is -2.16. The van der Waals surface area contributed by atoms with Crippen molar-refractivity contribution in [2.45, 2.75) is 19.0 Å². The summed E-state index contributed by atoms with van der Waals surface area (Å²) in [4.78, 5) is 23.6. The molecule has 3 aromatic rings. The summed E-state index contributed by atoms with van der Waals surface area (Å²) >= 11 is 3.30. The quantitative estimate of drug-likeness (QED) is 0.592. The van der Waals surface area contributed by atoms with Crippen LogP contribution in [0.25, 0.3) is 0 Å². The number of carbonyl (C=O) groups excluding carboxylic acids is 1. The first kappa shape index (κ1) is 18.8. The summed E-state index contributed by atoms with van der Waals surface area (Å²) in [5.41, 5.74) is 0.486. The molecule has 0 radical (unpaired) electrons. The Labute approximate surface area is 161 Å². The fourth-order valence-corrected chi connectivity index (χ4v) is 2.85. The molecule has 1 amide bonds. The molecule has 2 heterocycles. The van der Waals surface area contributed by atoms with Crippen molar-refractivity contribution >= 4 is 27.8 Å². The minimum absolute atomic E-state index is 0.0497. The average Bonchev–Trinajstić information content (AvgIpc) is 3.24. The summed E-state index contributed by atoms with van der Waals surface area (Å²) < 4.78 is 21.1. The van der Waals surface area contributed by atoms with Crippen molar-refractivity contribution in [3.05, 3.63) is 76.2 Å². The van der Waals surface area contributed by atoms with Crippen molar-refractivity contribution in [1.29, 1.82) is 0 Å². The predicted octanol–water partition coefficient (Wildman–Crippen LogP) is 3.37. The summed E-state index contributed by atoms with van der Waals surface area (Å²) in [6, 6.07) is 7.64. The van der Waals surface area contributed by atoms with Crippen LogP contribution in [-0.4, -0.2) is 26.8 Å². The average molecular weight is 436 g/mol. The van der Waals surface area contributed by atoms with Crippen LogP contribution in [-0.2, 0) is 11.3 Å². The third-order valence-electron chi connectivity index (χ3n) is 3.76. The van der Waals surface area contributed by atoms with Gasteiger partial charge in [-0.2, -0.15) is 5.10 Å². The molecule has 3 rings (SSSR count). The Kier molecular flexibility index (Phi) is 5.70. The van der Waals surface area contributed by atoms with E-state index < -0.39 is 23.7 Å². The third kappa shape index (κ3) is 5.04. The van der Waals surface area contributed by atoms with Gasteiger partial charge in [-0.15, -0.1) is 0 Å². The number of carbonyl (C=O) groups is 2. The van der Waals surface area contributed by atoms with E-state index in [2.05, 4.69) is 26.3 Å². The standard InChI is InChI=1S/C18H15BrFN3O4/c19-12-8-21-23(9-12)10-14-5-6-16(27-14)18(26)22-15(7-17(24)25)11-1-3-13(20)4-2-11/h1-6,8-9,15H,7,10H2,(H,22,26)(H,24,25). The number of furan rings is 1. The lowest BCUT2D eigenvalue weighted by atomic mass is 10.0. The topological polar surface area (TPSA) is 97.4 Å². The SMILES string of the molecule is O=C(O)CC(NC(=O)c1ccc(Cn2cc(Br)cn2)o1)c1ccc(F)cc1. The first-order valence-corrected chi connectivity index (χ1v) is 8.75. The summed E-state index contributed by atoms with van der Waals surface area (Å²) in [7, 11) is 0. The van der Waals surface area contributed by atoms with E-state index in [0.29, 0.717) is 17.9 Å². The third-order valence-corrected chi connectivity index (χ3v) is 4.17. The first-order chi connectivity index (χ1) is 12.9. The summed E-state index contributed by atoms with van der Waals surface area (Å²) in [6.07, 6.45) is 3.06. The normalized spacial score (nSPS) is 11.9. The van der Waals surface area contributed by atoms with Crippen LogP contribution in [0.5, 0.6) is 0 Å². The number of hydrogen-bond donors (Lipinski definition) is 2. The number of hydrogen-bond acceptors (Lipinski definition) is 4. The number of benzene rings is 1. The molecule has 7 nitrogen and oxygen atoms in total.